The number of hydrogen-bond acceptors (Lipinski definition) is 2. The zero-order chi connectivity index (χ0) is 10.7. The van der Waals surface area contributed by atoms with Gasteiger partial charge in [-0.25, -0.2) is 4.39 Å². The molecule has 0 spiro atoms. The van der Waals surface area contributed by atoms with Crippen molar-refractivity contribution in [2.75, 3.05) is 18.5 Å². The second-order valence-electron chi connectivity index (χ2n) is 3.94. The SMILES string of the molecule is Cc1c(F)cccc1NC1CCOCC1. The summed E-state index contributed by atoms with van der Waals surface area (Å²) in [6.45, 7) is 3.40. The zero-order valence-electron chi connectivity index (χ0n) is 8.92. The van der Waals surface area contributed by atoms with E-state index < -0.39 is 0 Å². The number of halogens is 1. The van der Waals surface area contributed by atoms with Gasteiger partial charge in [0.05, 0.1) is 0 Å². The van der Waals surface area contributed by atoms with Gasteiger partial charge in [0.1, 0.15) is 5.82 Å². The van der Waals surface area contributed by atoms with Crippen LogP contribution in [0.3, 0.4) is 0 Å². The van der Waals surface area contributed by atoms with Gasteiger partial charge in [0, 0.05) is 30.5 Å². The Hall–Kier alpha value is -1.09. The molecule has 1 N–H and O–H groups in total. The van der Waals surface area contributed by atoms with Gasteiger partial charge >= 0.3 is 0 Å². The van der Waals surface area contributed by atoms with E-state index in [-0.39, 0.29) is 5.82 Å². The average Bonchev–Trinajstić information content (AvgIpc) is 2.26. The maximum Gasteiger partial charge on any atom is 0.128 e. The highest BCUT2D eigenvalue weighted by Gasteiger charge is 2.14. The summed E-state index contributed by atoms with van der Waals surface area (Å²) in [4.78, 5) is 0. The van der Waals surface area contributed by atoms with E-state index in [1.165, 1.54) is 6.07 Å². The van der Waals surface area contributed by atoms with Crippen molar-refractivity contribution >= 4 is 5.69 Å². The summed E-state index contributed by atoms with van der Waals surface area (Å²) in [6.07, 6.45) is 1.99. The van der Waals surface area contributed by atoms with Crippen LogP contribution >= 0.6 is 0 Å². The highest BCUT2D eigenvalue weighted by molar-refractivity contribution is 5.51. The lowest BCUT2D eigenvalue weighted by Crippen LogP contribution is -2.28. The van der Waals surface area contributed by atoms with Crippen LogP contribution in [0.25, 0.3) is 0 Å². The van der Waals surface area contributed by atoms with Crippen molar-refractivity contribution in [2.24, 2.45) is 0 Å². The predicted octanol–water partition coefficient (Wildman–Crippen LogP) is 2.73. The molecular weight excluding hydrogens is 193 g/mol. The van der Waals surface area contributed by atoms with E-state index >= 15 is 0 Å². The number of ether oxygens (including phenoxy) is 1. The standard InChI is InChI=1S/C12H16FNO/c1-9-11(13)3-2-4-12(9)14-10-5-7-15-8-6-10/h2-4,10,14H,5-8H2,1H3. The van der Waals surface area contributed by atoms with E-state index in [1.54, 1.807) is 13.0 Å². The second kappa shape index (κ2) is 4.62. The molecule has 1 aromatic carbocycles. The first-order valence-electron chi connectivity index (χ1n) is 5.37. The van der Waals surface area contributed by atoms with E-state index in [2.05, 4.69) is 5.32 Å². The maximum absolute atomic E-state index is 13.3. The fraction of sp³-hybridized carbons (Fsp3) is 0.500. The average molecular weight is 209 g/mol. The number of benzene rings is 1. The molecule has 0 radical (unpaired) electrons. The van der Waals surface area contributed by atoms with Gasteiger partial charge < -0.3 is 10.1 Å². The molecule has 2 rings (SSSR count). The topological polar surface area (TPSA) is 21.3 Å². The van der Waals surface area contributed by atoms with Gasteiger partial charge in [0.25, 0.3) is 0 Å². The fourth-order valence-electron chi connectivity index (χ4n) is 1.83. The van der Waals surface area contributed by atoms with E-state index in [9.17, 15) is 4.39 Å². The van der Waals surface area contributed by atoms with Crippen LogP contribution in [0, 0.1) is 12.7 Å². The summed E-state index contributed by atoms with van der Waals surface area (Å²) in [7, 11) is 0. The Labute approximate surface area is 89.4 Å². The molecule has 3 heteroatoms. The minimum absolute atomic E-state index is 0.146. The van der Waals surface area contributed by atoms with Crippen LogP contribution < -0.4 is 5.32 Å². The largest absolute Gasteiger partial charge is 0.382 e. The van der Waals surface area contributed by atoms with Crippen LogP contribution in [0.1, 0.15) is 18.4 Å². The minimum atomic E-state index is -0.146. The lowest BCUT2D eigenvalue weighted by molar-refractivity contribution is 0.0904. The molecule has 1 aliphatic rings. The van der Waals surface area contributed by atoms with Gasteiger partial charge in [0.2, 0.25) is 0 Å². The third-order valence-electron chi connectivity index (χ3n) is 2.85. The first-order valence-corrected chi connectivity index (χ1v) is 5.37. The summed E-state index contributed by atoms with van der Waals surface area (Å²) in [6, 6.07) is 5.57. The van der Waals surface area contributed by atoms with Crippen molar-refractivity contribution in [3.05, 3.63) is 29.6 Å². The highest BCUT2D eigenvalue weighted by atomic mass is 19.1. The molecule has 2 nitrogen and oxygen atoms in total. The Balaban J connectivity index is 2.06. The van der Waals surface area contributed by atoms with E-state index in [1.807, 2.05) is 6.07 Å². The van der Waals surface area contributed by atoms with Gasteiger partial charge in [0.15, 0.2) is 0 Å². The molecule has 1 aliphatic heterocycles. The van der Waals surface area contributed by atoms with Crippen LogP contribution in [0.2, 0.25) is 0 Å². The Morgan fingerprint density at radius 3 is 2.80 bits per heavy atom. The van der Waals surface area contributed by atoms with Crippen molar-refractivity contribution in [2.45, 2.75) is 25.8 Å². The Morgan fingerprint density at radius 2 is 2.07 bits per heavy atom. The number of anilines is 1. The van der Waals surface area contributed by atoms with Gasteiger partial charge in [-0.1, -0.05) is 6.07 Å². The molecule has 0 unspecified atom stereocenters. The van der Waals surface area contributed by atoms with Crippen molar-refractivity contribution in [1.82, 2.24) is 0 Å². The quantitative estimate of drug-likeness (QED) is 0.808. The predicted molar refractivity (Wildman–Crippen MR) is 58.6 cm³/mol. The third kappa shape index (κ3) is 2.48. The van der Waals surface area contributed by atoms with Crippen LogP contribution in [-0.4, -0.2) is 19.3 Å². The summed E-state index contributed by atoms with van der Waals surface area (Å²) in [5.74, 6) is -0.146. The minimum Gasteiger partial charge on any atom is -0.382 e. The summed E-state index contributed by atoms with van der Waals surface area (Å²) in [5, 5.41) is 3.37. The molecule has 15 heavy (non-hydrogen) atoms. The summed E-state index contributed by atoms with van der Waals surface area (Å²) >= 11 is 0. The lowest BCUT2D eigenvalue weighted by Gasteiger charge is -2.25. The maximum atomic E-state index is 13.3. The number of rotatable bonds is 2. The molecule has 1 aromatic rings. The third-order valence-corrected chi connectivity index (χ3v) is 2.85. The second-order valence-corrected chi connectivity index (χ2v) is 3.94. The Bertz CT molecular complexity index is 334. The summed E-state index contributed by atoms with van der Waals surface area (Å²) in [5.41, 5.74) is 1.60. The molecule has 1 saturated heterocycles. The smallest absolute Gasteiger partial charge is 0.128 e. The Kier molecular flexibility index (Phi) is 3.21. The van der Waals surface area contributed by atoms with Crippen molar-refractivity contribution < 1.29 is 9.13 Å². The molecule has 82 valence electrons. The number of nitrogens with one attached hydrogen (secondary N) is 1. The van der Waals surface area contributed by atoms with Crippen LogP contribution in [0.15, 0.2) is 18.2 Å². The fourth-order valence-corrected chi connectivity index (χ4v) is 1.83. The summed E-state index contributed by atoms with van der Waals surface area (Å²) < 4.78 is 18.5. The van der Waals surface area contributed by atoms with E-state index in [4.69, 9.17) is 4.74 Å². The molecule has 0 aromatic heterocycles. The monoisotopic (exact) mass is 209 g/mol. The number of hydrogen-bond donors (Lipinski definition) is 1. The molecule has 0 bridgehead atoms. The van der Waals surface area contributed by atoms with Crippen molar-refractivity contribution in [3.63, 3.8) is 0 Å². The van der Waals surface area contributed by atoms with E-state index in [0.29, 0.717) is 11.6 Å². The Morgan fingerprint density at radius 1 is 1.33 bits per heavy atom. The van der Waals surface area contributed by atoms with Crippen LogP contribution in [-0.2, 0) is 4.74 Å². The molecule has 1 heterocycles. The normalized spacial score (nSPS) is 17.7. The molecule has 0 amide bonds. The van der Waals surface area contributed by atoms with E-state index in [0.717, 1.165) is 31.7 Å². The van der Waals surface area contributed by atoms with Gasteiger partial charge in [-0.05, 0) is 31.9 Å². The van der Waals surface area contributed by atoms with Crippen molar-refractivity contribution in [3.8, 4) is 0 Å². The van der Waals surface area contributed by atoms with Gasteiger partial charge in [-0.15, -0.1) is 0 Å². The highest BCUT2D eigenvalue weighted by Crippen LogP contribution is 2.20. The zero-order valence-corrected chi connectivity index (χ0v) is 8.92. The molecule has 0 aliphatic carbocycles. The molecular formula is C12H16FNO. The lowest BCUT2D eigenvalue weighted by atomic mass is 10.1. The molecule has 0 atom stereocenters. The molecule has 1 fully saturated rings. The van der Waals surface area contributed by atoms with Gasteiger partial charge in [-0.2, -0.15) is 0 Å². The first kappa shape index (κ1) is 10.4. The van der Waals surface area contributed by atoms with Gasteiger partial charge in [-0.3, -0.25) is 0 Å². The molecule has 0 saturated carbocycles. The first-order chi connectivity index (χ1) is 7.27. The van der Waals surface area contributed by atoms with Crippen LogP contribution in [0.4, 0.5) is 10.1 Å². The van der Waals surface area contributed by atoms with Crippen molar-refractivity contribution in [1.29, 1.82) is 0 Å². The van der Waals surface area contributed by atoms with Crippen LogP contribution in [0.5, 0.6) is 0 Å².